The van der Waals surface area contributed by atoms with Crippen molar-refractivity contribution in [3.63, 3.8) is 0 Å². The first kappa shape index (κ1) is 15.2. The van der Waals surface area contributed by atoms with Gasteiger partial charge in [0, 0.05) is 13.0 Å². The molecule has 0 radical (unpaired) electrons. The summed E-state index contributed by atoms with van der Waals surface area (Å²) in [7, 11) is 0. The fourth-order valence-electron chi connectivity index (χ4n) is 2.07. The molecule has 1 amide bonds. The van der Waals surface area contributed by atoms with Gasteiger partial charge in [0.05, 0.1) is 11.9 Å². The van der Waals surface area contributed by atoms with Crippen LogP contribution in [-0.2, 0) is 11.3 Å². The molecule has 0 unspecified atom stereocenters. The molecule has 2 rings (SSSR count). The van der Waals surface area contributed by atoms with Crippen molar-refractivity contribution in [1.29, 1.82) is 0 Å². The minimum atomic E-state index is -0.209. The molecule has 21 heavy (non-hydrogen) atoms. The van der Waals surface area contributed by atoms with Crippen LogP contribution in [0.5, 0.6) is 0 Å². The Balaban J connectivity index is 1.93. The molecular weight excluding hydrogens is 268 g/mol. The molecular formula is C15H20N4O2. The number of unbranched alkanes of at least 4 members (excludes halogenated alkanes) is 2. The number of rotatable bonds is 7. The number of hydrogen-bond donors (Lipinski definition) is 1. The Labute approximate surface area is 123 Å². The maximum atomic E-state index is 12.2. The number of carbonyl (C=O) groups is 1. The third-order valence-corrected chi connectivity index (χ3v) is 3.28. The molecule has 6 heteroatoms. The topological polar surface area (TPSA) is 76.9 Å². The lowest BCUT2D eigenvalue weighted by molar-refractivity contribution is -0.121. The van der Waals surface area contributed by atoms with Crippen molar-refractivity contribution in [3.8, 4) is 0 Å². The number of nitrogens with zero attached hydrogens (tertiary/aromatic N) is 3. The minimum Gasteiger partial charge on any atom is -0.356 e. The largest absolute Gasteiger partial charge is 0.356 e. The number of aromatic nitrogens is 3. The van der Waals surface area contributed by atoms with E-state index in [0.29, 0.717) is 17.4 Å². The van der Waals surface area contributed by atoms with Crippen LogP contribution in [0.15, 0.2) is 29.1 Å². The van der Waals surface area contributed by atoms with Gasteiger partial charge < -0.3 is 5.32 Å². The first-order valence-corrected chi connectivity index (χ1v) is 7.31. The highest BCUT2D eigenvalue weighted by Crippen LogP contribution is 2.03. The molecule has 0 aliphatic heterocycles. The van der Waals surface area contributed by atoms with Crippen molar-refractivity contribution >= 4 is 16.8 Å². The number of hydrogen-bond acceptors (Lipinski definition) is 4. The zero-order valence-corrected chi connectivity index (χ0v) is 12.2. The molecule has 0 saturated carbocycles. The van der Waals surface area contributed by atoms with E-state index in [9.17, 15) is 9.59 Å². The lowest BCUT2D eigenvalue weighted by Crippen LogP contribution is -2.29. The lowest BCUT2D eigenvalue weighted by Gasteiger charge is -2.06. The molecule has 1 heterocycles. The van der Waals surface area contributed by atoms with Crippen molar-refractivity contribution < 1.29 is 4.79 Å². The van der Waals surface area contributed by atoms with Crippen LogP contribution in [0.3, 0.4) is 0 Å². The number of benzene rings is 1. The number of nitrogens with one attached hydrogen (secondary N) is 1. The highest BCUT2D eigenvalue weighted by molar-refractivity contribution is 5.77. The van der Waals surface area contributed by atoms with Crippen molar-refractivity contribution in [1.82, 2.24) is 20.3 Å². The first-order chi connectivity index (χ1) is 10.2. The maximum Gasteiger partial charge on any atom is 0.277 e. The quantitative estimate of drug-likeness (QED) is 0.783. The van der Waals surface area contributed by atoms with Gasteiger partial charge in [-0.15, -0.1) is 5.10 Å². The van der Waals surface area contributed by atoms with Gasteiger partial charge in [-0.3, -0.25) is 9.59 Å². The molecule has 0 spiro atoms. The standard InChI is InChI=1S/C15H20N4O2/c1-2-3-6-10-16-14(20)9-11-19-15(21)12-7-4-5-8-13(12)17-18-19/h4-5,7-8H,2-3,6,9-11H2,1H3,(H,16,20). The molecule has 0 atom stereocenters. The van der Waals surface area contributed by atoms with E-state index in [2.05, 4.69) is 22.6 Å². The van der Waals surface area contributed by atoms with Gasteiger partial charge in [-0.25, -0.2) is 4.68 Å². The van der Waals surface area contributed by atoms with Gasteiger partial charge >= 0.3 is 0 Å². The molecule has 112 valence electrons. The number of fused-ring (bicyclic) bond motifs is 1. The second kappa shape index (κ2) is 7.52. The summed E-state index contributed by atoms with van der Waals surface area (Å²) >= 11 is 0. The summed E-state index contributed by atoms with van der Waals surface area (Å²) in [4.78, 5) is 23.8. The summed E-state index contributed by atoms with van der Waals surface area (Å²) in [5.41, 5.74) is 0.363. The summed E-state index contributed by atoms with van der Waals surface area (Å²) in [6.45, 7) is 3.05. The van der Waals surface area contributed by atoms with Crippen LogP contribution in [0, 0.1) is 0 Å². The third kappa shape index (κ3) is 4.11. The first-order valence-electron chi connectivity index (χ1n) is 7.31. The van der Waals surface area contributed by atoms with Crippen molar-refractivity contribution in [2.24, 2.45) is 0 Å². The van der Waals surface area contributed by atoms with E-state index < -0.39 is 0 Å². The van der Waals surface area contributed by atoms with E-state index >= 15 is 0 Å². The fraction of sp³-hybridized carbons (Fsp3) is 0.467. The summed E-state index contributed by atoms with van der Waals surface area (Å²) in [6, 6.07) is 7.06. The Hall–Kier alpha value is -2.24. The van der Waals surface area contributed by atoms with Gasteiger partial charge in [-0.2, -0.15) is 0 Å². The van der Waals surface area contributed by atoms with Crippen LogP contribution in [-0.4, -0.2) is 27.4 Å². The van der Waals surface area contributed by atoms with Crippen LogP contribution in [0.1, 0.15) is 32.6 Å². The minimum absolute atomic E-state index is 0.0621. The zero-order chi connectivity index (χ0) is 15.1. The van der Waals surface area contributed by atoms with Crippen LogP contribution < -0.4 is 10.9 Å². The van der Waals surface area contributed by atoms with E-state index in [4.69, 9.17) is 0 Å². The predicted octanol–water partition coefficient (Wildman–Crippen LogP) is 1.49. The van der Waals surface area contributed by atoms with Crippen LogP contribution in [0.25, 0.3) is 10.9 Å². The Morgan fingerprint density at radius 3 is 2.90 bits per heavy atom. The van der Waals surface area contributed by atoms with Gasteiger partial charge in [-0.1, -0.05) is 37.1 Å². The highest BCUT2D eigenvalue weighted by Gasteiger charge is 2.07. The second-order valence-electron chi connectivity index (χ2n) is 4.94. The molecule has 1 aromatic heterocycles. The summed E-state index contributed by atoms with van der Waals surface area (Å²) in [5.74, 6) is -0.0621. The SMILES string of the molecule is CCCCCNC(=O)CCn1nnc2ccccc2c1=O. The summed E-state index contributed by atoms with van der Waals surface area (Å²) < 4.78 is 1.24. The van der Waals surface area contributed by atoms with Crippen LogP contribution in [0.4, 0.5) is 0 Å². The Morgan fingerprint density at radius 2 is 2.10 bits per heavy atom. The highest BCUT2D eigenvalue weighted by atomic mass is 16.2. The summed E-state index contributed by atoms with van der Waals surface area (Å²) in [5, 5.41) is 11.2. The second-order valence-corrected chi connectivity index (χ2v) is 4.94. The average molecular weight is 288 g/mol. The number of carbonyl (C=O) groups excluding carboxylic acids is 1. The van der Waals surface area contributed by atoms with E-state index in [1.54, 1.807) is 18.2 Å². The van der Waals surface area contributed by atoms with Crippen molar-refractivity contribution in [2.45, 2.75) is 39.2 Å². The fourth-order valence-corrected chi connectivity index (χ4v) is 2.07. The maximum absolute atomic E-state index is 12.2. The molecule has 1 N–H and O–H groups in total. The molecule has 6 nitrogen and oxygen atoms in total. The number of amides is 1. The lowest BCUT2D eigenvalue weighted by atomic mass is 10.2. The number of aryl methyl sites for hydroxylation is 1. The van der Waals surface area contributed by atoms with Crippen LogP contribution in [0.2, 0.25) is 0 Å². The van der Waals surface area contributed by atoms with E-state index in [1.807, 2.05) is 6.07 Å². The smallest absolute Gasteiger partial charge is 0.277 e. The van der Waals surface area contributed by atoms with Crippen molar-refractivity contribution in [3.05, 3.63) is 34.6 Å². The monoisotopic (exact) mass is 288 g/mol. The molecule has 0 saturated heterocycles. The Bertz CT molecular complexity index is 666. The Kier molecular flexibility index (Phi) is 5.43. The van der Waals surface area contributed by atoms with Gasteiger partial charge in [0.2, 0.25) is 5.91 Å². The summed E-state index contributed by atoms with van der Waals surface area (Å²) in [6.07, 6.45) is 3.45. The normalized spacial score (nSPS) is 10.7. The zero-order valence-electron chi connectivity index (χ0n) is 12.2. The molecule has 0 fully saturated rings. The van der Waals surface area contributed by atoms with Gasteiger partial charge in [0.15, 0.2) is 0 Å². The third-order valence-electron chi connectivity index (χ3n) is 3.28. The Morgan fingerprint density at radius 1 is 1.29 bits per heavy atom. The molecule has 1 aromatic carbocycles. The van der Waals surface area contributed by atoms with E-state index in [0.717, 1.165) is 19.3 Å². The molecule has 0 aliphatic rings. The molecule has 0 aliphatic carbocycles. The predicted molar refractivity (Wildman–Crippen MR) is 80.9 cm³/mol. The average Bonchev–Trinajstić information content (AvgIpc) is 2.51. The van der Waals surface area contributed by atoms with Gasteiger partial charge in [0.25, 0.3) is 5.56 Å². The van der Waals surface area contributed by atoms with E-state index in [-0.39, 0.29) is 24.4 Å². The van der Waals surface area contributed by atoms with Gasteiger partial charge in [-0.05, 0) is 18.6 Å². The van der Waals surface area contributed by atoms with Crippen LogP contribution >= 0.6 is 0 Å². The van der Waals surface area contributed by atoms with Crippen molar-refractivity contribution in [2.75, 3.05) is 6.54 Å². The molecule has 0 bridgehead atoms. The van der Waals surface area contributed by atoms with E-state index in [1.165, 1.54) is 4.68 Å². The van der Waals surface area contributed by atoms with Gasteiger partial charge in [0.1, 0.15) is 5.52 Å². The molecule has 2 aromatic rings.